The fourth-order valence-electron chi connectivity index (χ4n) is 4.33. The van der Waals surface area contributed by atoms with Gasteiger partial charge in [0.1, 0.15) is 5.69 Å². The molecule has 5 heterocycles. The van der Waals surface area contributed by atoms with Crippen LogP contribution in [0.2, 0.25) is 0 Å². The second-order valence-corrected chi connectivity index (χ2v) is 8.36. The number of imidazole rings is 1. The molecule has 0 aliphatic carbocycles. The minimum Gasteiger partial charge on any atom is -0.335 e. The van der Waals surface area contributed by atoms with Crippen LogP contribution in [-0.4, -0.2) is 67.7 Å². The lowest BCUT2D eigenvalue weighted by molar-refractivity contribution is 0.0730. The molecule has 0 saturated carbocycles. The number of aromatic amines is 1. The number of pyridine rings is 3. The third-order valence-corrected chi connectivity index (χ3v) is 6.15. The molecular weight excluding hydrogens is 442 g/mol. The molecule has 4 aromatic heterocycles. The molecule has 0 bridgehead atoms. The van der Waals surface area contributed by atoms with E-state index in [0.717, 1.165) is 29.4 Å². The van der Waals surface area contributed by atoms with Crippen LogP contribution >= 0.6 is 0 Å². The number of nitrogens with zero attached hydrogens (tertiary/aromatic N) is 5. The summed E-state index contributed by atoms with van der Waals surface area (Å²) in [6, 6.07) is 14.7. The zero-order valence-corrected chi connectivity index (χ0v) is 18.7. The van der Waals surface area contributed by atoms with E-state index in [2.05, 4.69) is 30.2 Å². The summed E-state index contributed by atoms with van der Waals surface area (Å²) in [4.78, 5) is 48.5. The van der Waals surface area contributed by atoms with Gasteiger partial charge in [0.2, 0.25) is 5.78 Å². The molecule has 5 aromatic rings. The van der Waals surface area contributed by atoms with Crippen LogP contribution in [0.25, 0.3) is 33.2 Å². The second kappa shape index (κ2) is 8.69. The summed E-state index contributed by atoms with van der Waals surface area (Å²) in [7, 11) is 0. The summed E-state index contributed by atoms with van der Waals surface area (Å²) in [5, 5.41) is 5.23. The second-order valence-electron chi connectivity index (χ2n) is 8.36. The number of amides is 1. The molecular formula is C26H21N7O2. The maximum atomic E-state index is 13.3. The molecule has 0 atom stereocenters. The molecule has 2 N–H and O–H groups in total. The molecule has 1 aromatic carbocycles. The highest BCUT2D eigenvalue weighted by Crippen LogP contribution is 2.27. The number of H-pyrrole nitrogens is 1. The number of fused-ring (bicyclic) bond motifs is 2. The van der Waals surface area contributed by atoms with Crippen LogP contribution in [0.1, 0.15) is 26.7 Å². The van der Waals surface area contributed by atoms with Gasteiger partial charge in [-0.15, -0.1) is 0 Å². The molecule has 35 heavy (non-hydrogen) atoms. The molecule has 1 amide bonds. The first-order valence-corrected chi connectivity index (χ1v) is 11.4. The van der Waals surface area contributed by atoms with Crippen LogP contribution in [0, 0.1) is 0 Å². The van der Waals surface area contributed by atoms with Gasteiger partial charge < -0.3 is 15.2 Å². The van der Waals surface area contributed by atoms with E-state index in [0.29, 0.717) is 41.2 Å². The van der Waals surface area contributed by atoms with Crippen LogP contribution in [-0.2, 0) is 0 Å². The predicted octanol–water partition coefficient (Wildman–Crippen LogP) is 2.84. The molecule has 6 rings (SSSR count). The number of nitrogens with one attached hydrogen (secondary N) is 2. The standard InChI is InChI=1S/C26H21N7O2/c34-23(16-7-8-29-22(13-16)19-15-28-14-17-3-1-2-4-18(17)19)25-30-20-5-6-21(31-24(20)32-25)26(35)33-11-9-27-10-12-33/h1-8,13-15,27H,9-12H2,(H,30,31,32). The van der Waals surface area contributed by atoms with Crippen molar-refractivity contribution < 1.29 is 9.59 Å². The molecule has 172 valence electrons. The first-order valence-electron chi connectivity index (χ1n) is 11.4. The first kappa shape index (κ1) is 21.1. The van der Waals surface area contributed by atoms with Crippen molar-refractivity contribution in [2.45, 2.75) is 0 Å². The zero-order chi connectivity index (χ0) is 23.8. The van der Waals surface area contributed by atoms with Crippen molar-refractivity contribution in [1.29, 1.82) is 0 Å². The molecule has 1 aliphatic rings. The average molecular weight is 464 g/mol. The van der Waals surface area contributed by atoms with Gasteiger partial charge in [0.15, 0.2) is 11.5 Å². The molecule has 9 heteroatoms. The summed E-state index contributed by atoms with van der Waals surface area (Å²) >= 11 is 0. The van der Waals surface area contributed by atoms with Crippen LogP contribution in [0.4, 0.5) is 0 Å². The van der Waals surface area contributed by atoms with E-state index in [1.807, 2.05) is 24.3 Å². The fourth-order valence-corrected chi connectivity index (χ4v) is 4.33. The molecule has 0 spiro atoms. The highest BCUT2D eigenvalue weighted by Gasteiger charge is 2.21. The normalized spacial score (nSPS) is 13.9. The summed E-state index contributed by atoms with van der Waals surface area (Å²) < 4.78 is 0. The van der Waals surface area contributed by atoms with Crippen molar-refractivity contribution in [3.63, 3.8) is 0 Å². The molecule has 0 unspecified atom stereocenters. The lowest BCUT2D eigenvalue weighted by atomic mass is 10.0. The Morgan fingerprint density at radius 1 is 0.943 bits per heavy atom. The summed E-state index contributed by atoms with van der Waals surface area (Å²) in [5.41, 5.74) is 3.19. The summed E-state index contributed by atoms with van der Waals surface area (Å²) in [6.07, 6.45) is 5.16. The van der Waals surface area contributed by atoms with Gasteiger partial charge in [-0.25, -0.2) is 9.97 Å². The highest BCUT2D eigenvalue weighted by molar-refractivity contribution is 6.08. The molecule has 1 fully saturated rings. The van der Waals surface area contributed by atoms with Crippen molar-refractivity contribution >= 4 is 33.6 Å². The van der Waals surface area contributed by atoms with Gasteiger partial charge >= 0.3 is 0 Å². The molecule has 1 aliphatic heterocycles. The maximum absolute atomic E-state index is 13.3. The number of hydrogen-bond donors (Lipinski definition) is 2. The van der Waals surface area contributed by atoms with Crippen molar-refractivity contribution in [3.8, 4) is 11.3 Å². The maximum Gasteiger partial charge on any atom is 0.272 e. The van der Waals surface area contributed by atoms with Crippen LogP contribution in [0.3, 0.4) is 0 Å². The smallest absolute Gasteiger partial charge is 0.272 e. The van der Waals surface area contributed by atoms with E-state index in [-0.39, 0.29) is 17.5 Å². The lowest BCUT2D eigenvalue weighted by Gasteiger charge is -2.26. The first-order chi connectivity index (χ1) is 17.2. The largest absolute Gasteiger partial charge is 0.335 e. The van der Waals surface area contributed by atoms with Crippen molar-refractivity contribution in [3.05, 3.63) is 84.2 Å². The SMILES string of the molecule is O=C(c1ccnc(-c2cncc3ccccc23)c1)c1nc2nc(C(=O)N3CCNCC3)ccc2[nH]1. The Labute approximate surface area is 200 Å². The number of carbonyl (C=O) groups is 2. The topological polar surface area (TPSA) is 117 Å². The van der Waals surface area contributed by atoms with Crippen molar-refractivity contribution in [2.75, 3.05) is 26.2 Å². The number of carbonyl (C=O) groups excluding carboxylic acids is 2. The molecule has 1 saturated heterocycles. The Bertz CT molecular complexity index is 1580. The van der Waals surface area contributed by atoms with E-state index >= 15 is 0 Å². The fraction of sp³-hybridized carbons (Fsp3) is 0.154. The van der Waals surface area contributed by atoms with Crippen LogP contribution in [0.5, 0.6) is 0 Å². The van der Waals surface area contributed by atoms with Gasteiger partial charge in [0, 0.05) is 61.3 Å². The Morgan fingerprint density at radius 3 is 2.69 bits per heavy atom. The van der Waals surface area contributed by atoms with E-state index in [1.54, 1.807) is 47.8 Å². The quantitative estimate of drug-likeness (QED) is 0.394. The summed E-state index contributed by atoms with van der Waals surface area (Å²) in [5.74, 6) is -0.256. The Hall–Kier alpha value is -4.50. The minimum atomic E-state index is -0.283. The molecule has 9 nitrogen and oxygen atoms in total. The van der Waals surface area contributed by atoms with E-state index in [4.69, 9.17) is 0 Å². The number of aromatic nitrogens is 5. The molecule has 0 radical (unpaired) electrons. The lowest BCUT2D eigenvalue weighted by Crippen LogP contribution is -2.46. The Kier molecular flexibility index (Phi) is 5.23. The minimum absolute atomic E-state index is 0.133. The Morgan fingerprint density at radius 2 is 1.80 bits per heavy atom. The number of benzene rings is 1. The number of hydrogen-bond acceptors (Lipinski definition) is 7. The third kappa shape index (κ3) is 3.91. The van der Waals surface area contributed by atoms with Crippen LogP contribution < -0.4 is 5.32 Å². The van der Waals surface area contributed by atoms with Crippen LogP contribution in [0.15, 0.2) is 67.1 Å². The van der Waals surface area contributed by atoms with Gasteiger partial charge in [-0.1, -0.05) is 24.3 Å². The average Bonchev–Trinajstić information content (AvgIpc) is 3.36. The summed E-state index contributed by atoms with van der Waals surface area (Å²) in [6.45, 7) is 2.80. The van der Waals surface area contributed by atoms with Gasteiger partial charge in [-0.05, 0) is 29.7 Å². The van der Waals surface area contributed by atoms with Gasteiger partial charge in [0.05, 0.1) is 11.2 Å². The van der Waals surface area contributed by atoms with Crippen molar-refractivity contribution in [1.82, 2.24) is 35.1 Å². The Balaban J connectivity index is 1.31. The third-order valence-electron chi connectivity index (χ3n) is 6.15. The van der Waals surface area contributed by atoms with E-state index < -0.39 is 0 Å². The van der Waals surface area contributed by atoms with Gasteiger partial charge in [0.25, 0.3) is 5.91 Å². The predicted molar refractivity (Wildman–Crippen MR) is 131 cm³/mol. The van der Waals surface area contributed by atoms with Crippen molar-refractivity contribution in [2.24, 2.45) is 0 Å². The monoisotopic (exact) mass is 463 g/mol. The van der Waals surface area contributed by atoms with E-state index in [1.165, 1.54) is 0 Å². The van der Waals surface area contributed by atoms with Gasteiger partial charge in [-0.2, -0.15) is 0 Å². The number of ketones is 1. The number of piperazine rings is 1. The highest BCUT2D eigenvalue weighted by atomic mass is 16.2. The van der Waals surface area contributed by atoms with E-state index in [9.17, 15) is 9.59 Å². The zero-order valence-electron chi connectivity index (χ0n) is 18.7. The van der Waals surface area contributed by atoms with Gasteiger partial charge in [-0.3, -0.25) is 19.6 Å². The number of rotatable bonds is 4.